The summed E-state index contributed by atoms with van der Waals surface area (Å²) >= 11 is 1.55. The molecule has 0 aliphatic heterocycles. The monoisotopic (exact) mass is 292 g/mol. The van der Waals surface area contributed by atoms with Crippen LogP contribution in [0, 0.1) is 18.3 Å². The molecule has 2 heterocycles. The molecular formula is C17H12N2OS. The Hall–Kier alpha value is -2.64. The Labute approximate surface area is 126 Å². The first kappa shape index (κ1) is 13.3. The molecule has 0 amide bonds. The summed E-state index contributed by atoms with van der Waals surface area (Å²) in [5, 5.41) is 11.2. The van der Waals surface area contributed by atoms with Crippen LogP contribution in [0.5, 0.6) is 0 Å². The second kappa shape index (κ2) is 5.39. The van der Waals surface area contributed by atoms with Crippen molar-refractivity contribution in [2.45, 2.75) is 6.92 Å². The van der Waals surface area contributed by atoms with Crippen molar-refractivity contribution in [2.75, 3.05) is 0 Å². The Morgan fingerprint density at radius 2 is 2.05 bits per heavy atom. The first-order chi connectivity index (χ1) is 10.2. The lowest BCUT2D eigenvalue weighted by Gasteiger charge is -2.07. The highest BCUT2D eigenvalue weighted by molar-refractivity contribution is 7.13. The maximum atomic E-state index is 12.2. The second-order valence-electron chi connectivity index (χ2n) is 4.76. The van der Waals surface area contributed by atoms with Crippen LogP contribution < -0.4 is 5.56 Å². The second-order valence-corrected chi connectivity index (χ2v) is 5.71. The normalized spacial score (nSPS) is 10.3. The lowest BCUT2D eigenvalue weighted by Crippen LogP contribution is -2.12. The molecule has 1 aromatic carbocycles. The third kappa shape index (κ3) is 2.51. The van der Waals surface area contributed by atoms with E-state index in [9.17, 15) is 10.1 Å². The smallest absolute Gasteiger partial charge is 0.266 e. The molecule has 0 fully saturated rings. The molecule has 21 heavy (non-hydrogen) atoms. The van der Waals surface area contributed by atoms with Crippen molar-refractivity contribution in [2.24, 2.45) is 0 Å². The third-order valence-corrected chi connectivity index (χ3v) is 4.16. The molecule has 0 saturated heterocycles. The van der Waals surface area contributed by atoms with Crippen LogP contribution in [0.15, 0.2) is 52.6 Å². The average Bonchev–Trinajstić information content (AvgIpc) is 3.00. The van der Waals surface area contributed by atoms with Crippen molar-refractivity contribution in [1.29, 1.82) is 5.26 Å². The topological polar surface area (TPSA) is 56.6 Å². The lowest BCUT2D eigenvalue weighted by atomic mass is 9.99. The predicted molar refractivity (Wildman–Crippen MR) is 85.3 cm³/mol. The summed E-state index contributed by atoms with van der Waals surface area (Å²) in [6.07, 6.45) is 0. The predicted octanol–water partition coefficient (Wildman–Crippen LogP) is 3.95. The summed E-state index contributed by atoms with van der Waals surface area (Å²) in [6.45, 7) is 1.99. The molecule has 4 heteroatoms. The SMILES string of the molecule is Cc1cccc(-c2cc(-c3cccs3)[nH]c(=O)c2C#N)c1. The van der Waals surface area contributed by atoms with Crippen LogP contribution in [0.1, 0.15) is 11.1 Å². The molecule has 0 bridgehead atoms. The van der Waals surface area contributed by atoms with Crippen LogP contribution >= 0.6 is 11.3 Å². The third-order valence-electron chi connectivity index (χ3n) is 3.26. The van der Waals surface area contributed by atoms with Gasteiger partial charge < -0.3 is 4.98 Å². The number of hydrogen-bond acceptors (Lipinski definition) is 3. The number of hydrogen-bond donors (Lipinski definition) is 1. The van der Waals surface area contributed by atoms with Gasteiger partial charge in [0.2, 0.25) is 0 Å². The van der Waals surface area contributed by atoms with Gasteiger partial charge in [0, 0.05) is 5.56 Å². The molecule has 3 aromatic rings. The Morgan fingerprint density at radius 3 is 2.71 bits per heavy atom. The van der Waals surface area contributed by atoms with Crippen LogP contribution in [-0.2, 0) is 0 Å². The summed E-state index contributed by atoms with van der Waals surface area (Å²) in [6, 6.07) is 15.6. The highest BCUT2D eigenvalue weighted by atomic mass is 32.1. The van der Waals surface area contributed by atoms with Crippen molar-refractivity contribution < 1.29 is 0 Å². The van der Waals surface area contributed by atoms with E-state index in [1.165, 1.54) is 0 Å². The van der Waals surface area contributed by atoms with Gasteiger partial charge in [-0.25, -0.2) is 0 Å². The molecule has 0 radical (unpaired) electrons. The maximum Gasteiger partial charge on any atom is 0.266 e. The van der Waals surface area contributed by atoms with E-state index < -0.39 is 0 Å². The summed E-state index contributed by atoms with van der Waals surface area (Å²) in [4.78, 5) is 15.9. The molecule has 1 N–H and O–H groups in total. The van der Waals surface area contributed by atoms with E-state index in [4.69, 9.17) is 0 Å². The minimum absolute atomic E-state index is 0.154. The van der Waals surface area contributed by atoms with Gasteiger partial charge >= 0.3 is 0 Å². The minimum Gasteiger partial charge on any atom is -0.320 e. The molecule has 0 aliphatic carbocycles. The Kier molecular flexibility index (Phi) is 3.43. The fraction of sp³-hybridized carbons (Fsp3) is 0.0588. The van der Waals surface area contributed by atoms with E-state index in [0.717, 1.165) is 21.7 Å². The maximum absolute atomic E-state index is 12.2. The van der Waals surface area contributed by atoms with Gasteiger partial charge in [0.05, 0.1) is 10.6 Å². The fourth-order valence-electron chi connectivity index (χ4n) is 2.28. The summed E-state index contributed by atoms with van der Waals surface area (Å²) in [7, 11) is 0. The van der Waals surface area contributed by atoms with Crippen LogP contribution in [0.3, 0.4) is 0 Å². The summed E-state index contributed by atoms with van der Waals surface area (Å²) in [5.41, 5.74) is 3.20. The van der Waals surface area contributed by atoms with E-state index in [1.807, 2.05) is 60.8 Å². The van der Waals surface area contributed by atoms with Gasteiger partial charge in [-0.2, -0.15) is 5.26 Å². The van der Waals surface area contributed by atoms with Crippen LogP contribution in [0.2, 0.25) is 0 Å². The Balaban J connectivity index is 2.28. The van der Waals surface area contributed by atoms with Gasteiger partial charge in [-0.3, -0.25) is 4.79 Å². The first-order valence-corrected chi connectivity index (χ1v) is 7.35. The molecule has 0 unspecified atom stereocenters. The number of aromatic nitrogens is 1. The molecule has 0 spiro atoms. The van der Waals surface area contributed by atoms with Gasteiger partial charge in [0.15, 0.2) is 0 Å². The Bertz CT molecular complexity index is 886. The summed E-state index contributed by atoms with van der Waals surface area (Å²) < 4.78 is 0. The van der Waals surface area contributed by atoms with E-state index >= 15 is 0 Å². The molecule has 0 aliphatic rings. The van der Waals surface area contributed by atoms with Gasteiger partial charge in [0.1, 0.15) is 11.6 Å². The van der Waals surface area contributed by atoms with E-state index in [-0.39, 0.29) is 11.1 Å². The van der Waals surface area contributed by atoms with Crippen molar-refractivity contribution in [3.8, 4) is 27.8 Å². The highest BCUT2D eigenvalue weighted by Crippen LogP contribution is 2.28. The van der Waals surface area contributed by atoms with Crippen molar-refractivity contribution in [3.05, 3.63) is 69.3 Å². The largest absolute Gasteiger partial charge is 0.320 e. The number of aryl methyl sites for hydroxylation is 1. The Morgan fingerprint density at radius 1 is 1.19 bits per heavy atom. The van der Waals surface area contributed by atoms with E-state index in [0.29, 0.717) is 5.56 Å². The molecule has 2 aromatic heterocycles. The zero-order chi connectivity index (χ0) is 14.8. The van der Waals surface area contributed by atoms with Gasteiger partial charge in [-0.05, 0) is 30.0 Å². The number of thiophene rings is 1. The standard InChI is InChI=1S/C17H12N2OS/c1-11-4-2-5-12(8-11)13-9-15(16-6-3-7-21-16)19-17(20)14(13)10-18/h2-9H,1H3,(H,19,20). The van der Waals surface area contributed by atoms with Crippen molar-refractivity contribution in [3.63, 3.8) is 0 Å². The number of rotatable bonds is 2. The minimum atomic E-state index is -0.347. The van der Waals surface area contributed by atoms with E-state index in [2.05, 4.69) is 4.98 Å². The quantitative estimate of drug-likeness (QED) is 0.777. The average molecular weight is 292 g/mol. The number of nitriles is 1. The number of benzene rings is 1. The molecule has 0 saturated carbocycles. The van der Waals surface area contributed by atoms with Crippen LogP contribution in [0.25, 0.3) is 21.7 Å². The number of nitrogens with zero attached hydrogens (tertiary/aromatic N) is 1. The van der Waals surface area contributed by atoms with Gasteiger partial charge in [-0.15, -0.1) is 11.3 Å². The van der Waals surface area contributed by atoms with Crippen LogP contribution in [-0.4, -0.2) is 4.98 Å². The lowest BCUT2D eigenvalue weighted by molar-refractivity contribution is 1.22. The van der Waals surface area contributed by atoms with Crippen molar-refractivity contribution in [1.82, 2.24) is 4.98 Å². The molecular weight excluding hydrogens is 280 g/mol. The highest BCUT2D eigenvalue weighted by Gasteiger charge is 2.12. The van der Waals surface area contributed by atoms with Crippen molar-refractivity contribution >= 4 is 11.3 Å². The van der Waals surface area contributed by atoms with Gasteiger partial charge in [0.25, 0.3) is 5.56 Å². The molecule has 3 rings (SSSR count). The molecule has 0 atom stereocenters. The number of nitrogens with one attached hydrogen (secondary N) is 1. The fourth-order valence-corrected chi connectivity index (χ4v) is 2.97. The van der Waals surface area contributed by atoms with Gasteiger partial charge in [-0.1, -0.05) is 35.9 Å². The zero-order valence-corrected chi connectivity index (χ0v) is 12.2. The number of pyridine rings is 1. The first-order valence-electron chi connectivity index (χ1n) is 6.47. The number of H-pyrrole nitrogens is 1. The molecule has 102 valence electrons. The zero-order valence-electron chi connectivity index (χ0n) is 11.4. The molecule has 3 nitrogen and oxygen atoms in total. The summed E-state index contributed by atoms with van der Waals surface area (Å²) in [5.74, 6) is 0. The number of aromatic amines is 1. The van der Waals surface area contributed by atoms with E-state index in [1.54, 1.807) is 11.3 Å². The van der Waals surface area contributed by atoms with Crippen LogP contribution in [0.4, 0.5) is 0 Å².